The van der Waals surface area contributed by atoms with Crippen LogP contribution >= 0.6 is 0 Å². The Hall–Kier alpha value is -2.80. The minimum absolute atomic E-state index is 0.0339. The van der Waals surface area contributed by atoms with Gasteiger partial charge >= 0.3 is 0 Å². The van der Waals surface area contributed by atoms with Gasteiger partial charge in [0.05, 0.1) is 5.52 Å². The number of ketones is 1. The lowest BCUT2D eigenvalue weighted by Gasteiger charge is -2.32. The fourth-order valence-corrected chi connectivity index (χ4v) is 4.54. The maximum Gasteiger partial charge on any atom is 0.243 e. The van der Waals surface area contributed by atoms with E-state index in [-0.39, 0.29) is 23.5 Å². The Kier molecular flexibility index (Phi) is 10.0. The number of Topliss-reactive ketones (excluding diaryl/α,β-unsaturated/α-hetero) is 1. The Balaban J connectivity index is 1.61. The van der Waals surface area contributed by atoms with Gasteiger partial charge in [-0.2, -0.15) is 0 Å². The van der Waals surface area contributed by atoms with Gasteiger partial charge in [0, 0.05) is 43.9 Å². The van der Waals surface area contributed by atoms with Crippen LogP contribution in [0.3, 0.4) is 0 Å². The lowest BCUT2D eigenvalue weighted by atomic mass is 9.95. The summed E-state index contributed by atoms with van der Waals surface area (Å²) < 4.78 is 0. The van der Waals surface area contributed by atoms with Gasteiger partial charge in [-0.15, -0.1) is 0 Å². The van der Waals surface area contributed by atoms with Crippen molar-refractivity contribution in [1.82, 2.24) is 20.5 Å². The molecule has 184 valence electrons. The van der Waals surface area contributed by atoms with Crippen LogP contribution in [0.15, 0.2) is 36.5 Å². The third-order valence-corrected chi connectivity index (χ3v) is 6.75. The van der Waals surface area contributed by atoms with E-state index in [1.165, 1.54) is 0 Å². The van der Waals surface area contributed by atoms with Gasteiger partial charge in [0.1, 0.15) is 11.8 Å². The number of unbranched alkanes of at least 4 members (excludes halogenated alkanes) is 2. The SMILES string of the molecule is CCC(=O)CCCCC[C@@H](C(=O)NCc1cnc2ccccc2c1)N(C)C(=O)C1CCNCC1. The summed E-state index contributed by atoms with van der Waals surface area (Å²) in [5.74, 6) is 0.155. The smallest absolute Gasteiger partial charge is 0.243 e. The molecule has 1 atom stereocenters. The summed E-state index contributed by atoms with van der Waals surface area (Å²) in [5, 5.41) is 7.35. The van der Waals surface area contributed by atoms with Gasteiger partial charge in [0.15, 0.2) is 0 Å². The van der Waals surface area contributed by atoms with Crippen molar-refractivity contribution in [2.75, 3.05) is 20.1 Å². The van der Waals surface area contributed by atoms with E-state index in [0.29, 0.717) is 25.8 Å². The van der Waals surface area contributed by atoms with Crippen LogP contribution < -0.4 is 10.6 Å². The molecule has 0 bridgehead atoms. The molecule has 1 fully saturated rings. The summed E-state index contributed by atoms with van der Waals surface area (Å²) in [6, 6.07) is 9.41. The molecule has 7 nitrogen and oxygen atoms in total. The molecule has 0 spiro atoms. The average molecular weight is 467 g/mol. The largest absolute Gasteiger partial charge is 0.350 e. The highest BCUT2D eigenvalue weighted by molar-refractivity contribution is 5.88. The van der Waals surface area contributed by atoms with Crippen molar-refractivity contribution >= 4 is 28.5 Å². The highest BCUT2D eigenvalue weighted by Crippen LogP contribution is 2.19. The molecule has 1 aromatic carbocycles. The molecule has 7 heteroatoms. The lowest BCUT2D eigenvalue weighted by molar-refractivity contribution is -0.143. The minimum Gasteiger partial charge on any atom is -0.350 e. The molecule has 0 aliphatic carbocycles. The number of amides is 2. The third-order valence-electron chi connectivity index (χ3n) is 6.75. The number of hydrogen-bond acceptors (Lipinski definition) is 5. The molecular formula is C27H38N4O3. The van der Waals surface area contributed by atoms with E-state index in [4.69, 9.17) is 0 Å². The lowest BCUT2D eigenvalue weighted by Crippen LogP contribution is -2.50. The van der Waals surface area contributed by atoms with Crippen molar-refractivity contribution in [2.24, 2.45) is 5.92 Å². The molecule has 1 aliphatic heterocycles. The van der Waals surface area contributed by atoms with Gasteiger partial charge in [-0.1, -0.05) is 38.0 Å². The number of benzene rings is 1. The molecule has 0 saturated carbocycles. The quantitative estimate of drug-likeness (QED) is 0.466. The van der Waals surface area contributed by atoms with Gasteiger partial charge in [-0.25, -0.2) is 0 Å². The van der Waals surface area contributed by atoms with E-state index in [9.17, 15) is 14.4 Å². The highest BCUT2D eigenvalue weighted by Gasteiger charge is 2.31. The predicted octanol–water partition coefficient (Wildman–Crippen LogP) is 3.61. The summed E-state index contributed by atoms with van der Waals surface area (Å²) in [6.45, 7) is 3.92. The number of carbonyl (C=O) groups is 3. The van der Waals surface area contributed by atoms with Crippen molar-refractivity contribution in [1.29, 1.82) is 0 Å². The second kappa shape index (κ2) is 13.2. The number of piperidine rings is 1. The summed E-state index contributed by atoms with van der Waals surface area (Å²) in [4.78, 5) is 44.1. The van der Waals surface area contributed by atoms with Crippen LogP contribution in [0.1, 0.15) is 63.9 Å². The molecule has 0 unspecified atom stereocenters. The molecular weight excluding hydrogens is 428 g/mol. The zero-order chi connectivity index (χ0) is 24.3. The summed E-state index contributed by atoms with van der Waals surface area (Å²) in [5.41, 5.74) is 1.85. The maximum absolute atomic E-state index is 13.2. The predicted molar refractivity (Wildman–Crippen MR) is 134 cm³/mol. The molecule has 1 aliphatic rings. The number of hydrogen-bond donors (Lipinski definition) is 2. The zero-order valence-corrected chi connectivity index (χ0v) is 20.5. The zero-order valence-electron chi connectivity index (χ0n) is 20.5. The van der Waals surface area contributed by atoms with E-state index < -0.39 is 6.04 Å². The van der Waals surface area contributed by atoms with Crippen LogP contribution in [0.25, 0.3) is 10.9 Å². The number of likely N-dealkylation sites (N-methyl/N-ethyl adjacent to an activating group) is 1. The first kappa shape index (κ1) is 25.8. The average Bonchev–Trinajstić information content (AvgIpc) is 2.88. The van der Waals surface area contributed by atoms with Gasteiger partial charge in [-0.3, -0.25) is 19.4 Å². The first-order chi connectivity index (χ1) is 16.5. The molecule has 2 aromatic rings. The second-order valence-corrected chi connectivity index (χ2v) is 9.23. The number of rotatable bonds is 12. The number of nitrogens with one attached hydrogen (secondary N) is 2. The minimum atomic E-state index is -0.516. The highest BCUT2D eigenvalue weighted by atomic mass is 16.2. The third kappa shape index (κ3) is 7.35. The molecule has 3 rings (SSSR count). The standard InChI is InChI=1S/C27H38N4O3/c1-3-23(32)10-5-4-6-12-25(31(2)27(34)21-13-15-28-16-14-21)26(33)30-19-20-17-22-9-7-8-11-24(22)29-18-20/h7-9,11,17-18,21,25,28H,3-6,10,12-16,19H2,1-2H3,(H,30,33)/t25-/m0/s1. The van der Waals surface area contributed by atoms with E-state index in [1.807, 2.05) is 37.3 Å². The number of para-hydroxylation sites is 1. The summed E-state index contributed by atoms with van der Waals surface area (Å²) in [7, 11) is 1.76. The Morgan fingerprint density at radius 3 is 2.68 bits per heavy atom. The number of carbonyl (C=O) groups excluding carboxylic acids is 3. The monoisotopic (exact) mass is 466 g/mol. The van der Waals surface area contributed by atoms with Crippen molar-refractivity contribution < 1.29 is 14.4 Å². The Bertz CT molecular complexity index is 971. The fourth-order valence-electron chi connectivity index (χ4n) is 4.54. The second-order valence-electron chi connectivity index (χ2n) is 9.23. The van der Waals surface area contributed by atoms with Crippen LogP contribution in [0, 0.1) is 5.92 Å². The normalized spacial score (nSPS) is 15.1. The first-order valence-electron chi connectivity index (χ1n) is 12.6. The number of fused-ring (bicyclic) bond motifs is 1. The van der Waals surface area contributed by atoms with Gasteiger partial charge in [0.2, 0.25) is 11.8 Å². The van der Waals surface area contributed by atoms with E-state index in [1.54, 1.807) is 18.1 Å². The number of nitrogens with zero attached hydrogens (tertiary/aromatic N) is 2. The summed E-state index contributed by atoms with van der Waals surface area (Å²) >= 11 is 0. The molecule has 1 saturated heterocycles. The number of pyridine rings is 1. The summed E-state index contributed by atoms with van der Waals surface area (Å²) in [6.07, 6.45) is 7.65. The maximum atomic E-state index is 13.2. The topological polar surface area (TPSA) is 91.4 Å². The molecule has 2 heterocycles. The van der Waals surface area contributed by atoms with Crippen LogP contribution in [-0.4, -0.2) is 53.7 Å². The van der Waals surface area contributed by atoms with Crippen molar-refractivity contribution in [2.45, 2.75) is 70.9 Å². The van der Waals surface area contributed by atoms with E-state index in [2.05, 4.69) is 15.6 Å². The Morgan fingerprint density at radius 2 is 1.91 bits per heavy atom. The van der Waals surface area contributed by atoms with Crippen LogP contribution in [0.5, 0.6) is 0 Å². The molecule has 34 heavy (non-hydrogen) atoms. The fraction of sp³-hybridized carbons (Fsp3) is 0.556. The molecule has 2 N–H and O–H groups in total. The number of aromatic nitrogens is 1. The molecule has 2 amide bonds. The van der Waals surface area contributed by atoms with Gasteiger partial charge in [-0.05, 0) is 56.5 Å². The van der Waals surface area contributed by atoms with Crippen molar-refractivity contribution in [3.05, 3.63) is 42.1 Å². The van der Waals surface area contributed by atoms with Crippen molar-refractivity contribution in [3.63, 3.8) is 0 Å². The first-order valence-corrected chi connectivity index (χ1v) is 12.6. The van der Waals surface area contributed by atoms with Gasteiger partial charge in [0.25, 0.3) is 0 Å². The van der Waals surface area contributed by atoms with E-state index in [0.717, 1.165) is 61.7 Å². The van der Waals surface area contributed by atoms with Crippen LogP contribution in [0.2, 0.25) is 0 Å². The molecule has 0 radical (unpaired) electrons. The van der Waals surface area contributed by atoms with E-state index >= 15 is 0 Å². The van der Waals surface area contributed by atoms with Gasteiger partial charge < -0.3 is 15.5 Å². The molecule has 1 aromatic heterocycles. The van der Waals surface area contributed by atoms with Crippen molar-refractivity contribution in [3.8, 4) is 0 Å². The van der Waals surface area contributed by atoms with Crippen LogP contribution in [0.4, 0.5) is 0 Å². The Morgan fingerprint density at radius 1 is 1.15 bits per heavy atom. The Labute approximate surface area is 202 Å². The van der Waals surface area contributed by atoms with Crippen LogP contribution in [-0.2, 0) is 20.9 Å².